The molecule has 0 bridgehead atoms. The SMILES string of the molecule is C=C(CC=CCC(=C)C(=O)O)C(=O)O. The normalized spacial score (nSPS) is 10.0. The lowest BCUT2D eigenvalue weighted by atomic mass is 10.1. The summed E-state index contributed by atoms with van der Waals surface area (Å²) in [5, 5.41) is 16.9. The maximum Gasteiger partial charge on any atom is 0.331 e. The van der Waals surface area contributed by atoms with Gasteiger partial charge < -0.3 is 10.2 Å². The third kappa shape index (κ3) is 4.92. The predicted octanol–water partition coefficient (Wildman–Crippen LogP) is 1.60. The molecule has 0 rings (SSSR count). The van der Waals surface area contributed by atoms with Crippen molar-refractivity contribution in [1.82, 2.24) is 0 Å². The Morgan fingerprint density at radius 3 is 1.43 bits per heavy atom. The molecule has 0 spiro atoms. The average Bonchev–Trinajstić information content (AvgIpc) is 2.11. The molecule has 0 aromatic heterocycles. The first-order valence-corrected chi connectivity index (χ1v) is 3.92. The van der Waals surface area contributed by atoms with E-state index in [1.54, 1.807) is 12.2 Å². The Kier molecular flexibility index (Phi) is 4.99. The number of allylic oxidation sites excluding steroid dienone is 2. The third-order valence-corrected chi connectivity index (χ3v) is 1.50. The van der Waals surface area contributed by atoms with Crippen molar-refractivity contribution in [3.8, 4) is 0 Å². The van der Waals surface area contributed by atoms with Gasteiger partial charge in [-0.2, -0.15) is 0 Å². The molecular weight excluding hydrogens is 184 g/mol. The smallest absolute Gasteiger partial charge is 0.331 e. The van der Waals surface area contributed by atoms with Gasteiger partial charge in [0.2, 0.25) is 0 Å². The second-order valence-electron chi connectivity index (χ2n) is 2.70. The van der Waals surface area contributed by atoms with Crippen LogP contribution in [0.5, 0.6) is 0 Å². The monoisotopic (exact) mass is 196 g/mol. The molecule has 0 saturated carbocycles. The molecule has 0 aliphatic rings. The fourth-order valence-electron chi connectivity index (χ4n) is 0.626. The summed E-state index contributed by atoms with van der Waals surface area (Å²) in [6, 6.07) is 0. The van der Waals surface area contributed by atoms with E-state index in [-0.39, 0.29) is 24.0 Å². The number of aliphatic carboxylic acids is 2. The van der Waals surface area contributed by atoms with E-state index in [1.165, 1.54) is 0 Å². The molecule has 0 fully saturated rings. The zero-order valence-corrected chi connectivity index (χ0v) is 7.69. The molecule has 0 amide bonds. The highest BCUT2D eigenvalue weighted by atomic mass is 16.4. The summed E-state index contributed by atoms with van der Waals surface area (Å²) >= 11 is 0. The second-order valence-corrected chi connectivity index (χ2v) is 2.70. The highest BCUT2D eigenvalue weighted by Gasteiger charge is 2.01. The standard InChI is InChI=1S/C10H12O4/c1-7(9(11)12)5-3-4-6-8(2)10(13)14/h3-4H,1-2,5-6H2,(H,11,12)(H,13,14). The van der Waals surface area contributed by atoms with Crippen molar-refractivity contribution >= 4 is 11.9 Å². The molecule has 2 N–H and O–H groups in total. The first kappa shape index (κ1) is 12.2. The molecular formula is C10H12O4. The summed E-state index contributed by atoms with van der Waals surface area (Å²) in [6.07, 6.45) is 3.54. The van der Waals surface area contributed by atoms with E-state index < -0.39 is 11.9 Å². The van der Waals surface area contributed by atoms with Crippen molar-refractivity contribution in [2.24, 2.45) is 0 Å². The Morgan fingerprint density at radius 2 is 1.21 bits per heavy atom. The lowest BCUT2D eigenvalue weighted by Gasteiger charge is -1.94. The van der Waals surface area contributed by atoms with Crippen molar-refractivity contribution < 1.29 is 19.8 Å². The molecule has 0 aromatic rings. The Morgan fingerprint density at radius 1 is 0.929 bits per heavy atom. The highest BCUT2D eigenvalue weighted by molar-refractivity contribution is 5.86. The summed E-state index contributed by atoms with van der Waals surface area (Å²) in [5.41, 5.74) is 0.143. The van der Waals surface area contributed by atoms with Crippen molar-refractivity contribution in [2.75, 3.05) is 0 Å². The minimum Gasteiger partial charge on any atom is -0.478 e. The van der Waals surface area contributed by atoms with Gasteiger partial charge in [0.25, 0.3) is 0 Å². The van der Waals surface area contributed by atoms with Crippen molar-refractivity contribution in [2.45, 2.75) is 12.8 Å². The highest BCUT2D eigenvalue weighted by Crippen LogP contribution is 2.03. The first-order valence-electron chi connectivity index (χ1n) is 3.92. The summed E-state index contributed by atoms with van der Waals surface area (Å²) in [6.45, 7) is 6.63. The summed E-state index contributed by atoms with van der Waals surface area (Å²) in [7, 11) is 0. The van der Waals surface area contributed by atoms with Crippen LogP contribution in [0.25, 0.3) is 0 Å². The maximum absolute atomic E-state index is 10.3. The molecule has 0 saturated heterocycles. The van der Waals surface area contributed by atoms with Crippen LogP contribution in [0.4, 0.5) is 0 Å². The molecule has 0 radical (unpaired) electrons. The fourth-order valence-corrected chi connectivity index (χ4v) is 0.626. The van der Waals surface area contributed by atoms with E-state index >= 15 is 0 Å². The molecule has 0 heterocycles. The first-order chi connectivity index (χ1) is 6.45. The van der Waals surface area contributed by atoms with E-state index in [0.717, 1.165) is 0 Å². The van der Waals surface area contributed by atoms with E-state index in [9.17, 15) is 9.59 Å². The van der Waals surface area contributed by atoms with Crippen LogP contribution in [0, 0.1) is 0 Å². The zero-order valence-electron chi connectivity index (χ0n) is 7.69. The molecule has 4 nitrogen and oxygen atoms in total. The number of carboxylic acids is 2. The van der Waals surface area contributed by atoms with Crippen LogP contribution in [-0.2, 0) is 9.59 Å². The van der Waals surface area contributed by atoms with Crippen molar-refractivity contribution in [3.05, 3.63) is 36.5 Å². The van der Waals surface area contributed by atoms with Gasteiger partial charge in [-0.15, -0.1) is 0 Å². The van der Waals surface area contributed by atoms with E-state index in [4.69, 9.17) is 10.2 Å². The Bertz CT molecular complexity index is 269. The summed E-state index contributed by atoms with van der Waals surface area (Å²) < 4.78 is 0. The number of carbonyl (C=O) groups is 2. The maximum atomic E-state index is 10.3. The van der Waals surface area contributed by atoms with Gasteiger partial charge >= 0.3 is 11.9 Å². The van der Waals surface area contributed by atoms with Crippen LogP contribution >= 0.6 is 0 Å². The topological polar surface area (TPSA) is 74.6 Å². The van der Waals surface area contributed by atoms with Gasteiger partial charge in [-0.25, -0.2) is 9.59 Å². The van der Waals surface area contributed by atoms with Gasteiger partial charge in [0.15, 0.2) is 0 Å². The van der Waals surface area contributed by atoms with Crippen LogP contribution in [0.2, 0.25) is 0 Å². The van der Waals surface area contributed by atoms with Gasteiger partial charge in [-0.1, -0.05) is 25.3 Å². The quantitative estimate of drug-likeness (QED) is 0.500. The number of hydrogen-bond donors (Lipinski definition) is 2. The predicted molar refractivity (Wildman–Crippen MR) is 51.9 cm³/mol. The second kappa shape index (κ2) is 5.75. The molecule has 0 atom stereocenters. The average molecular weight is 196 g/mol. The van der Waals surface area contributed by atoms with Crippen LogP contribution in [0.1, 0.15) is 12.8 Å². The minimum absolute atomic E-state index is 0.0715. The van der Waals surface area contributed by atoms with Gasteiger partial charge in [-0.05, 0) is 12.8 Å². The Hall–Kier alpha value is -1.84. The van der Waals surface area contributed by atoms with Crippen molar-refractivity contribution in [3.63, 3.8) is 0 Å². The van der Waals surface area contributed by atoms with Gasteiger partial charge in [0.05, 0.1) is 0 Å². The summed E-state index contributed by atoms with van der Waals surface area (Å²) in [5.74, 6) is -2.10. The number of carboxylic acid groups (broad SMARTS) is 2. The minimum atomic E-state index is -1.05. The molecule has 76 valence electrons. The Labute approximate surface area is 81.9 Å². The lowest BCUT2D eigenvalue weighted by Crippen LogP contribution is -1.98. The van der Waals surface area contributed by atoms with Gasteiger partial charge in [-0.3, -0.25) is 0 Å². The molecule has 0 aliphatic carbocycles. The lowest BCUT2D eigenvalue weighted by molar-refractivity contribution is -0.133. The molecule has 0 aliphatic heterocycles. The van der Waals surface area contributed by atoms with Gasteiger partial charge in [0, 0.05) is 11.1 Å². The van der Waals surface area contributed by atoms with Crippen molar-refractivity contribution in [1.29, 1.82) is 0 Å². The number of rotatable bonds is 6. The Balaban J connectivity index is 3.86. The molecule has 0 unspecified atom stereocenters. The fraction of sp³-hybridized carbons (Fsp3) is 0.200. The van der Waals surface area contributed by atoms with Gasteiger partial charge in [0.1, 0.15) is 0 Å². The molecule has 14 heavy (non-hydrogen) atoms. The van der Waals surface area contributed by atoms with E-state index in [0.29, 0.717) is 0 Å². The largest absolute Gasteiger partial charge is 0.478 e. The molecule has 4 heteroatoms. The number of hydrogen-bond acceptors (Lipinski definition) is 2. The van der Waals surface area contributed by atoms with Crippen LogP contribution in [0.3, 0.4) is 0 Å². The third-order valence-electron chi connectivity index (χ3n) is 1.50. The van der Waals surface area contributed by atoms with Crippen LogP contribution in [0.15, 0.2) is 36.5 Å². The van der Waals surface area contributed by atoms with E-state index in [1.807, 2.05) is 0 Å². The zero-order chi connectivity index (χ0) is 11.1. The summed E-state index contributed by atoms with van der Waals surface area (Å²) in [4.78, 5) is 20.6. The van der Waals surface area contributed by atoms with Crippen LogP contribution in [-0.4, -0.2) is 22.2 Å². The van der Waals surface area contributed by atoms with Crippen LogP contribution < -0.4 is 0 Å². The van der Waals surface area contributed by atoms with E-state index in [2.05, 4.69) is 13.2 Å². The molecule has 0 aromatic carbocycles.